The zero-order valence-electron chi connectivity index (χ0n) is 15.0. The molecule has 1 atom stereocenters. The van der Waals surface area contributed by atoms with E-state index in [0.29, 0.717) is 19.8 Å². The maximum absolute atomic E-state index is 6.17. The van der Waals surface area contributed by atoms with Gasteiger partial charge in [0.2, 0.25) is 0 Å². The summed E-state index contributed by atoms with van der Waals surface area (Å²) in [6, 6.07) is 4.06. The van der Waals surface area contributed by atoms with Crippen molar-refractivity contribution in [3.05, 3.63) is 53.8 Å². The molecule has 4 heterocycles. The van der Waals surface area contributed by atoms with E-state index in [9.17, 15) is 0 Å². The van der Waals surface area contributed by atoms with Crippen LogP contribution in [0.5, 0.6) is 17.2 Å². The van der Waals surface area contributed by atoms with E-state index in [-0.39, 0.29) is 5.41 Å². The fourth-order valence-electron chi connectivity index (χ4n) is 4.57. The van der Waals surface area contributed by atoms with E-state index in [0.717, 1.165) is 48.2 Å². The zero-order chi connectivity index (χ0) is 17.7. The molecule has 0 saturated carbocycles. The summed E-state index contributed by atoms with van der Waals surface area (Å²) >= 11 is 0. The Hall–Kier alpha value is -2.69. The number of benzene rings is 1. The number of aliphatic imine (C=N–C) groups is 1. The molecule has 1 aromatic carbocycles. The van der Waals surface area contributed by atoms with E-state index >= 15 is 0 Å². The van der Waals surface area contributed by atoms with E-state index in [4.69, 9.17) is 19.2 Å². The Kier molecular flexibility index (Phi) is 3.39. The van der Waals surface area contributed by atoms with Crippen LogP contribution >= 0.6 is 0 Å². The summed E-state index contributed by atoms with van der Waals surface area (Å²) in [6.07, 6.45) is 7.18. The second-order valence-electron chi connectivity index (χ2n) is 6.89. The van der Waals surface area contributed by atoms with Gasteiger partial charge >= 0.3 is 0 Å². The summed E-state index contributed by atoms with van der Waals surface area (Å²) in [5.74, 6) is 3.50. The van der Waals surface area contributed by atoms with E-state index in [2.05, 4.69) is 36.6 Å². The Labute approximate surface area is 153 Å². The molecule has 1 aromatic rings. The van der Waals surface area contributed by atoms with Gasteiger partial charge in [-0.25, -0.2) is 0 Å². The SMILES string of the molecule is C=C/C=C1\C(=C/C)C2(COc3cc4c(cc32)OCCO4)C2=NCCCN21. The normalized spacial score (nSPS) is 28.8. The van der Waals surface area contributed by atoms with Gasteiger partial charge in [0.05, 0.1) is 0 Å². The van der Waals surface area contributed by atoms with Crippen LogP contribution in [0.1, 0.15) is 18.9 Å². The number of amidine groups is 1. The van der Waals surface area contributed by atoms with Crippen LogP contribution in [0.15, 0.2) is 53.2 Å². The van der Waals surface area contributed by atoms with Gasteiger partial charge < -0.3 is 19.1 Å². The lowest BCUT2D eigenvalue weighted by Gasteiger charge is -2.29. The van der Waals surface area contributed by atoms with Crippen molar-refractivity contribution in [1.82, 2.24) is 4.90 Å². The molecule has 5 rings (SSSR count). The van der Waals surface area contributed by atoms with Crippen LogP contribution in [-0.4, -0.2) is 43.6 Å². The van der Waals surface area contributed by atoms with Gasteiger partial charge in [-0.2, -0.15) is 0 Å². The molecule has 1 spiro atoms. The lowest BCUT2D eigenvalue weighted by Crippen LogP contribution is -2.42. The molecule has 4 aliphatic heterocycles. The fourth-order valence-corrected chi connectivity index (χ4v) is 4.57. The summed E-state index contributed by atoms with van der Waals surface area (Å²) < 4.78 is 17.8. The average molecular weight is 350 g/mol. The number of fused-ring (bicyclic) bond motifs is 5. The van der Waals surface area contributed by atoms with Crippen molar-refractivity contribution >= 4 is 5.84 Å². The number of hydrogen-bond donors (Lipinski definition) is 0. The summed E-state index contributed by atoms with van der Waals surface area (Å²) in [5, 5.41) is 0. The Bertz CT molecular complexity index is 883. The third kappa shape index (κ3) is 1.88. The zero-order valence-corrected chi connectivity index (χ0v) is 15.0. The predicted molar refractivity (Wildman–Crippen MR) is 100 cm³/mol. The van der Waals surface area contributed by atoms with Gasteiger partial charge in [0, 0.05) is 30.4 Å². The molecule has 0 N–H and O–H groups in total. The van der Waals surface area contributed by atoms with Gasteiger partial charge in [0.25, 0.3) is 0 Å². The molecule has 1 saturated heterocycles. The smallest absolute Gasteiger partial charge is 0.165 e. The molecule has 1 fully saturated rings. The highest BCUT2D eigenvalue weighted by Crippen LogP contribution is 2.55. The fraction of sp³-hybridized carbons (Fsp3) is 0.381. The van der Waals surface area contributed by atoms with Crippen molar-refractivity contribution in [2.75, 3.05) is 32.9 Å². The van der Waals surface area contributed by atoms with Crippen LogP contribution in [0.25, 0.3) is 0 Å². The van der Waals surface area contributed by atoms with Crippen molar-refractivity contribution < 1.29 is 14.2 Å². The minimum absolute atomic E-state index is 0.380. The van der Waals surface area contributed by atoms with Crippen LogP contribution in [0.2, 0.25) is 0 Å². The number of nitrogens with zero attached hydrogens (tertiary/aromatic N) is 2. The Balaban J connectivity index is 1.76. The van der Waals surface area contributed by atoms with E-state index in [1.54, 1.807) is 0 Å². The largest absolute Gasteiger partial charge is 0.491 e. The molecule has 1 unspecified atom stereocenters. The molecule has 0 bridgehead atoms. The van der Waals surface area contributed by atoms with E-state index in [1.807, 2.05) is 12.1 Å². The summed E-state index contributed by atoms with van der Waals surface area (Å²) in [4.78, 5) is 7.27. The first-order valence-electron chi connectivity index (χ1n) is 9.19. The van der Waals surface area contributed by atoms with Gasteiger partial charge in [-0.15, -0.1) is 0 Å². The molecule has 0 aliphatic carbocycles. The van der Waals surface area contributed by atoms with Crippen LogP contribution < -0.4 is 14.2 Å². The molecular formula is C21H22N2O3. The first kappa shape index (κ1) is 15.6. The molecule has 5 nitrogen and oxygen atoms in total. The lowest BCUT2D eigenvalue weighted by molar-refractivity contribution is 0.171. The third-order valence-electron chi connectivity index (χ3n) is 5.58. The van der Waals surface area contributed by atoms with Crippen LogP contribution in [0.4, 0.5) is 0 Å². The Morgan fingerprint density at radius 1 is 1.15 bits per heavy atom. The molecule has 0 radical (unpaired) electrons. The second-order valence-corrected chi connectivity index (χ2v) is 6.89. The molecule has 0 amide bonds. The van der Waals surface area contributed by atoms with Crippen molar-refractivity contribution in [3.8, 4) is 17.2 Å². The van der Waals surface area contributed by atoms with Gasteiger partial charge in [-0.3, -0.25) is 4.99 Å². The maximum atomic E-state index is 6.17. The number of allylic oxidation sites excluding steroid dienone is 4. The summed E-state index contributed by atoms with van der Waals surface area (Å²) in [5.41, 5.74) is 3.14. The van der Waals surface area contributed by atoms with Crippen molar-refractivity contribution in [2.45, 2.75) is 18.8 Å². The average Bonchev–Trinajstić information content (AvgIpc) is 3.18. The first-order chi connectivity index (χ1) is 12.8. The molecular weight excluding hydrogens is 328 g/mol. The molecule has 5 heteroatoms. The number of ether oxygens (including phenoxy) is 3. The number of rotatable bonds is 1. The van der Waals surface area contributed by atoms with Crippen LogP contribution in [0.3, 0.4) is 0 Å². The highest BCUT2D eigenvalue weighted by atomic mass is 16.6. The highest BCUT2D eigenvalue weighted by Gasteiger charge is 2.57. The molecule has 26 heavy (non-hydrogen) atoms. The van der Waals surface area contributed by atoms with E-state index < -0.39 is 0 Å². The first-order valence-corrected chi connectivity index (χ1v) is 9.19. The van der Waals surface area contributed by atoms with Crippen molar-refractivity contribution in [2.24, 2.45) is 4.99 Å². The van der Waals surface area contributed by atoms with Gasteiger partial charge in [0.15, 0.2) is 11.5 Å². The third-order valence-corrected chi connectivity index (χ3v) is 5.58. The van der Waals surface area contributed by atoms with Crippen LogP contribution in [0, 0.1) is 0 Å². The van der Waals surface area contributed by atoms with E-state index in [1.165, 1.54) is 11.3 Å². The Morgan fingerprint density at radius 2 is 1.96 bits per heavy atom. The quantitative estimate of drug-likeness (QED) is 0.780. The standard InChI is InChI=1S/C21H22N2O3/c1-3-6-16-14(4-2)21(20-22-7-5-8-23(16)20)13-26-17-12-19-18(11-15(17)21)24-9-10-25-19/h3-4,6,11-12H,1,5,7-10,13H2,2H3/b14-4+,16-6+. The van der Waals surface area contributed by atoms with Crippen molar-refractivity contribution in [1.29, 1.82) is 0 Å². The minimum Gasteiger partial charge on any atom is -0.491 e. The summed E-state index contributed by atoms with van der Waals surface area (Å²) in [6.45, 7) is 9.52. The molecule has 4 aliphatic rings. The van der Waals surface area contributed by atoms with Gasteiger partial charge in [-0.1, -0.05) is 18.7 Å². The summed E-state index contributed by atoms with van der Waals surface area (Å²) in [7, 11) is 0. The molecule has 0 aromatic heterocycles. The monoisotopic (exact) mass is 350 g/mol. The van der Waals surface area contributed by atoms with Crippen molar-refractivity contribution in [3.63, 3.8) is 0 Å². The maximum Gasteiger partial charge on any atom is 0.165 e. The Morgan fingerprint density at radius 3 is 2.73 bits per heavy atom. The number of hydrogen-bond acceptors (Lipinski definition) is 5. The van der Waals surface area contributed by atoms with Gasteiger partial charge in [-0.05, 0) is 31.1 Å². The highest BCUT2D eigenvalue weighted by molar-refractivity contribution is 6.05. The predicted octanol–water partition coefficient (Wildman–Crippen LogP) is 3.22. The minimum atomic E-state index is -0.380. The second kappa shape index (κ2) is 5.66. The molecule has 134 valence electrons. The van der Waals surface area contributed by atoms with Crippen LogP contribution in [-0.2, 0) is 5.41 Å². The van der Waals surface area contributed by atoms with Gasteiger partial charge in [0.1, 0.15) is 36.8 Å². The lowest BCUT2D eigenvalue weighted by atomic mass is 9.75. The topological polar surface area (TPSA) is 43.3 Å².